The Morgan fingerprint density at radius 1 is 1.26 bits per heavy atom. The van der Waals surface area contributed by atoms with Crippen LogP contribution in [0.4, 0.5) is 0 Å². The lowest BCUT2D eigenvalue weighted by atomic mass is 9.88. The van der Waals surface area contributed by atoms with Crippen molar-refractivity contribution in [2.45, 2.75) is 103 Å². The Morgan fingerprint density at radius 2 is 2.03 bits per heavy atom. The molecule has 2 N–H and O–H groups in total. The molecule has 3 aliphatic rings. The van der Waals surface area contributed by atoms with Crippen molar-refractivity contribution in [2.75, 3.05) is 13.1 Å². The largest absolute Gasteiger partial charge is 0.392 e. The first-order valence-corrected chi connectivity index (χ1v) is 13.0. The Kier molecular flexibility index (Phi) is 9.65. The van der Waals surface area contributed by atoms with Crippen LogP contribution in [-0.4, -0.2) is 46.3 Å². The molecule has 2 aliphatic carbocycles. The second-order valence-electron chi connectivity index (χ2n) is 10.5. The van der Waals surface area contributed by atoms with E-state index >= 15 is 0 Å². The minimum absolute atomic E-state index is 0.163. The first-order chi connectivity index (χ1) is 15.0. The van der Waals surface area contributed by atoms with Crippen LogP contribution in [0.25, 0.3) is 0 Å². The van der Waals surface area contributed by atoms with Crippen LogP contribution in [0.15, 0.2) is 23.8 Å². The number of unbranched alkanes of at least 4 members (excludes halogenated alkanes) is 2. The SMILES string of the molecule is CCCC[C@H](C)C[C@H](O)C=C[C@@H]1[C@H]2CC(CCCCC(=O)N3CCCC3)=C[C@H]2C[C@H]1O. The summed E-state index contributed by atoms with van der Waals surface area (Å²) in [5.41, 5.74) is 1.52. The zero-order valence-electron chi connectivity index (χ0n) is 19.8. The monoisotopic (exact) mass is 431 g/mol. The van der Waals surface area contributed by atoms with Crippen molar-refractivity contribution < 1.29 is 15.0 Å². The maximum absolute atomic E-state index is 12.2. The second kappa shape index (κ2) is 12.2. The molecule has 6 atom stereocenters. The molecule has 0 unspecified atom stereocenters. The van der Waals surface area contributed by atoms with Gasteiger partial charge >= 0.3 is 0 Å². The summed E-state index contributed by atoms with van der Waals surface area (Å²) in [4.78, 5) is 14.2. The summed E-state index contributed by atoms with van der Waals surface area (Å²) in [6.45, 7) is 6.34. The topological polar surface area (TPSA) is 60.8 Å². The smallest absolute Gasteiger partial charge is 0.222 e. The van der Waals surface area contributed by atoms with Crippen molar-refractivity contribution in [1.29, 1.82) is 0 Å². The van der Waals surface area contributed by atoms with Crippen molar-refractivity contribution in [3.8, 4) is 0 Å². The third-order valence-electron chi connectivity index (χ3n) is 7.80. The Bertz CT molecular complexity index is 622. The van der Waals surface area contributed by atoms with E-state index < -0.39 is 6.10 Å². The molecule has 2 fully saturated rings. The summed E-state index contributed by atoms with van der Waals surface area (Å²) in [5, 5.41) is 21.0. The normalized spacial score (nSPS) is 30.1. The van der Waals surface area contributed by atoms with E-state index in [4.69, 9.17) is 0 Å². The van der Waals surface area contributed by atoms with Crippen LogP contribution >= 0.6 is 0 Å². The van der Waals surface area contributed by atoms with Gasteiger partial charge < -0.3 is 15.1 Å². The number of rotatable bonds is 12. The Hall–Kier alpha value is -1.13. The molecule has 4 heteroatoms. The number of allylic oxidation sites excluding steroid dienone is 2. The van der Waals surface area contributed by atoms with Gasteiger partial charge in [-0.05, 0) is 69.1 Å². The highest BCUT2D eigenvalue weighted by Gasteiger charge is 2.43. The third kappa shape index (κ3) is 7.18. The van der Waals surface area contributed by atoms with E-state index in [-0.39, 0.29) is 12.0 Å². The van der Waals surface area contributed by atoms with E-state index in [9.17, 15) is 15.0 Å². The first kappa shape index (κ1) is 24.5. The third-order valence-corrected chi connectivity index (χ3v) is 7.80. The van der Waals surface area contributed by atoms with Crippen molar-refractivity contribution in [2.24, 2.45) is 23.7 Å². The van der Waals surface area contributed by atoms with Gasteiger partial charge in [0.1, 0.15) is 0 Å². The molecule has 0 spiro atoms. The van der Waals surface area contributed by atoms with E-state index in [1.54, 1.807) is 0 Å². The predicted molar refractivity (Wildman–Crippen MR) is 127 cm³/mol. The first-order valence-electron chi connectivity index (χ1n) is 13.0. The zero-order chi connectivity index (χ0) is 22.2. The molecule has 0 aromatic heterocycles. The number of carbonyl (C=O) groups excluding carboxylic acids is 1. The number of nitrogens with zero attached hydrogens (tertiary/aromatic N) is 1. The number of likely N-dealkylation sites (tertiary alicyclic amines) is 1. The lowest BCUT2D eigenvalue weighted by Gasteiger charge is -2.19. The molecule has 31 heavy (non-hydrogen) atoms. The average molecular weight is 432 g/mol. The van der Waals surface area contributed by atoms with E-state index in [1.807, 2.05) is 11.0 Å². The maximum atomic E-state index is 12.2. The van der Waals surface area contributed by atoms with E-state index in [0.717, 1.165) is 64.5 Å². The van der Waals surface area contributed by atoms with Crippen molar-refractivity contribution >= 4 is 5.91 Å². The highest BCUT2D eigenvalue weighted by atomic mass is 16.3. The predicted octanol–water partition coefficient (Wildman–Crippen LogP) is 5.25. The van der Waals surface area contributed by atoms with Gasteiger partial charge in [-0.2, -0.15) is 0 Å². The van der Waals surface area contributed by atoms with Crippen LogP contribution in [-0.2, 0) is 4.79 Å². The maximum Gasteiger partial charge on any atom is 0.222 e. The van der Waals surface area contributed by atoms with Gasteiger partial charge in [0.05, 0.1) is 12.2 Å². The fraction of sp³-hybridized carbons (Fsp3) is 0.815. The number of amides is 1. The highest BCUT2D eigenvalue weighted by molar-refractivity contribution is 5.76. The quantitative estimate of drug-likeness (QED) is 0.328. The lowest BCUT2D eigenvalue weighted by molar-refractivity contribution is -0.130. The zero-order valence-corrected chi connectivity index (χ0v) is 19.8. The summed E-state index contributed by atoms with van der Waals surface area (Å²) < 4.78 is 0. The van der Waals surface area contributed by atoms with Gasteiger partial charge in [-0.3, -0.25) is 4.79 Å². The second-order valence-corrected chi connectivity index (χ2v) is 10.5. The molecule has 1 saturated carbocycles. The number of aliphatic hydroxyl groups excluding tert-OH is 2. The Morgan fingerprint density at radius 3 is 2.77 bits per heavy atom. The highest BCUT2D eigenvalue weighted by Crippen LogP contribution is 2.48. The minimum Gasteiger partial charge on any atom is -0.392 e. The summed E-state index contributed by atoms with van der Waals surface area (Å²) in [6, 6.07) is 0. The van der Waals surface area contributed by atoms with Gasteiger partial charge in [-0.25, -0.2) is 0 Å². The van der Waals surface area contributed by atoms with Crippen LogP contribution in [0, 0.1) is 23.7 Å². The van der Waals surface area contributed by atoms with Crippen molar-refractivity contribution in [1.82, 2.24) is 4.90 Å². The summed E-state index contributed by atoms with van der Waals surface area (Å²) >= 11 is 0. The fourth-order valence-corrected chi connectivity index (χ4v) is 5.96. The molecule has 1 heterocycles. The molecule has 0 aromatic rings. The summed E-state index contributed by atoms with van der Waals surface area (Å²) in [5.74, 6) is 2.00. The molecule has 1 amide bonds. The van der Waals surface area contributed by atoms with Crippen LogP contribution < -0.4 is 0 Å². The molecule has 0 radical (unpaired) electrons. The summed E-state index contributed by atoms with van der Waals surface area (Å²) in [7, 11) is 0. The number of hydrogen-bond acceptors (Lipinski definition) is 3. The number of carbonyl (C=O) groups is 1. The van der Waals surface area contributed by atoms with Gasteiger partial charge in [0.2, 0.25) is 5.91 Å². The van der Waals surface area contributed by atoms with Crippen LogP contribution in [0.5, 0.6) is 0 Å². The van der Waals surface area contributed by atoms with E-state index in [2.05, 4.69) is 26.0 Å². The Balaban J connectivity index is 1.38. The van der Waals surface area contributed by atoms with Crippen LogP contribution in [0.1, 0.15) is 90.9 Å². The Labute approximate surface area is 189 Å². The fourth-order valence-electron chi connectivity index (χ4n) is 5.96. The van der Waals surface area contributed by atoms with Gasteiger partial charge in [0.15, 0.2) is 0 Å². The number of aliphatic hydroxyl groups is 2. The van der Waals surface area contributed by atoms with E-state index in [0.29, 0.717) is 30.1 Å². The minimum atomic E-state index is -0.403. The van der Waals surface area contributed by atoms with Crippen LogP contribution in [0.2, 0.25) is 0 Å². The molecule has 1 saturated heterocycles. The number of fused-ring (bicyclic) bond motifs is 1. The lowest BCUT2D eigenvalue weighted by Crippen LogP contribution is -2.27. The molecule has 3 rings (SSSR count). The molecule has 0 bridgehead atoms. The molecule has 0 aromatic carbocycles. The van der Waals surface area contributed by atoms with Gasteiger partial charge in [-0.15, -0.1) is 0 Å². The molecule has 176 valence electrons. The average Bonchev–Trinajstić information content (AvgIpc) is 3.45. The van der Waals surface area contributed by atoms with Crippen molar-refractivity contribution in [3.63, 3.8) is 0 Å². The molecular weight excluding hydrogens is 386 g/mol. The standard InChI is InChI=1S/C27H45NO3/c1-3-4-9-20(2)16-23(29)12-13-24-25-18-21(17-22(25)19-26(24)30)10-5-6-11-27(31)28-14-7-8-15-28/h12-13,17,20,22-26,29-30H,3-11,14-16,18-19H2,1-2H3/t20-,22-,23+,24+,25-,26+/m0/s1. The van der Waals surface area contributed by atoms with Crippen molar-refractivity contribution in [3.05, 3.63) is 23.8 Å². The molecular formula is C27H45NO3. The number of hydrogen-bond donors (Lipinski definition) is 2. The molecule has 4 nitrogen and oxygen atoms in total. The van der Waals surface area contributed by atoms with Gasteiger partial charge in [-0.1, -0.05) is 56.9 Å². The van der Waals surface area contributed by atoms with Crippen LogP contribution in [0.3, 0.4) is 0 Å². The van der Waals surface area contributed by atoms with Gasteiger partial charge in [0, 0.05) is 25.4 Å². The summed E-state index contributed by atoms with van der Waals surface area (Å²) in [6.07, 6.45) is 18.3. The molecule has 1 aliphatic heterocycles. The van der Waals surface area contributed by atoms with E-state index in [1.165, 1.54) is 24.8 Å². The van der Waals surface area contributed by atoms with Gasteiger partial charge in [0.25, 0.3) is 0 Å².